The smallest absolute Gasteiger partial charge is 0.250 e. The van der Waals surface area contributed by atoms with Gasteiger partial charge in [-0.2, -0.15) is 11.8 Å². The molecule has 7 heteroatoms. The van der Waals surface area contributed by atoms with Crippen molar-refractivity contribution >= 4 is 33.1 Å². The summed E-state index contributed by atoms with van der Waals surface area (Å²) in [5.41, 5.74) is 0. The van der Waals surface area contributed by atoms with Gasteiger partial charge in [-0.1, -0.05) is 0 Å². The lowest BCUT2D eigenvalue weighted by Crippen LogP contribution is -2.25. The third-order valence-corrected chi connectivity index (χ3v) is 5.57. The molecular weight excluding hydrogens is 266 g/mol. The fraction of sp³-hybridized carbons (Fsp3) is 0.556. The van der Waals surface area contributed by atoms with Crippen molar-refractivity contribution in [3.8, 4) is 0 Å². The first-order valence-electron chi connectivity index (χ1n) is 4.78. The largest absolute Gasteiger partial charge is 0.396 e. The van der Waals surface area contributed by atoms with Crippen LogP contribution in [0.2, 0.25) is 0 Å². The van der Waals surface area contributed by atoms with E-state index in [4.69, 9.17) is 5.11 Å². The molecule has 1 heterocycles. The molecule has 1 rings (SSSR count). The minimum absolute atomic E-state index is 0.0416. The lowest BCUT2D eigenvalue weighted by Gasteiger charge is -2.02. The van der Waals surface area contributed by atoms with Crippen LogP contribution in [0, 0.1) is 0 Å². The van der Waals surface area contributed by atoms with Crippen LogP contribution in [0.15, 0.2) is 16.3 Å². The van der Waals surface area contributed by atoms with Crippen LogP contribution in [0.25, 0.3) is 0 Å². The summed E-state index contributed by atoms with van der Waals surface area (Å²) in [7, 11) is -3.36. The molecule has 0 aliphatic rings. The highest BCUT2D eigenvalue weighted by atomic mass is 32.2. The number of aliphatic hydroxyl groups excluding tert-OH is 1. The molecule has 0 radical (unpaired) electrons. The molecule has 0 atom stereocenters. The van der Waals surface area contributed by atoms with Crippen molar-refractivity contribution in [2.24, 2.45) is 0 Å². The fourth-order valence-electron chi connectivity index (χ4n) is 1.10. The molecule has 16 heavy (non-hydrogen) atoms. The Kier molecular flexibility index (Phi) is 5.77. The predicted molar refractivity (Wildman–Crippen MR) is 68.7 cm³/mol. The van der Waals surface area contributed by atoms with Gasteiger partial charge in [0.1, 0.15) is 4.21 Å². The molecule has 0 unspecified atom stereocenters. The summed E-state index contributed by atoms with van der Waals surface area (Å²) in [4.78, 5) is 0.882. The topological polar surface area (TPSA) is 66.4 Å². The average molecular weight is 281 g/mol. The quantitative estimate of drug-likeness (QED) is 0.730. The third-order valence-electron chi connectivity index (χ3n) is 1.86. The lowest BCUT2D eigenvalue weighted by atomic mass is 10.4. The summed E-state index contributed by atoms with van der Waals surface area (Å²) in [5, 5.41) is 8.74. The molecule has 0 spiro atoms. The zero-order valence-electron chi connectivity index (χ0n) is 8.97. The zero-order valence-corrected chi connectivity index (χ0v) is 11.4. The number of thioether (sulfide) groups is 1. The highest BCUT2D eigenvalue weighted by Crippen LogP contribution is 2.21. The number of hydrogen-bond acceptors (Lipinski definition) is 5. The van der Waals surface area contributed by atoms with E-state index in [0.29, 0.717) is 17.2 Å². The van der Waals surface area contributed by atoms with Crippen molar-refractivity contribution < 1.29 is 13.5 Å². The van der Waals surface area contributed by atoms with Gasteiger partial charge in [-0.15, -0.1) is 11.3 Å². The molecule has 2 N–H and O–H groups in total. The molecule has 0 fully saturated rings. The van der Waals surface area contributed by atoms with E-state index in [1.165, 1.54) is 11.3 Å². The summed E-state index contributed by atoms with van der Waals surface area (Å²) in [5.74, 6) is 0.758. The van der Waals surface area contributed by atoms with Crippen molar-refractivity contribution in [3.63, 3.8) is 0 Å². The molecule has 92 valence electrons. The minimum Gasteiger partial charge on any atom is -0.396 e. The second kappa shape index (κ2) is 6.61. The van der Waals surface area contributed by atoms with E-state index < -0.39 is 10.0 Å². The van der Waals surface area contributed by atoms with Crippen LogP contribution in [0.3, 0.4) is 0 Å². The van der Waals surface area contributed by atoms with Gasteiger partial charge in [0.2, 0.25) is 10.0 Å². The van der Waals surface area contributed by atoms with Crippen LogP contribution in [0.1, 0.15) is 4.88 Å². The normalized spacial score (nSPS) is 11.9. The minimum atomic E-state index is -3.36. The van der Waals surface area contributed by atoms with Crippen molar-refractivity contribution in [2.75, 3.05) is 25.2 Å². The molecule has 0 aromatic carbocycles. The van der Waals surface area contributed by atoms with Gasteiger partial charge in [-0.3, -0.25) is 0 Å². The molecule has 4 nitrogen and oxygen atoms in total. The van der Waals surface area contributed by atoms with E-state index in [1.807, 2.05) is 6.26 Å². The van der Waals surface area contributed by atoms with E-state index in [9.17, 15) is 8.42 Å². The second-order valence-corrected chi connectivity index (χ2v) is 7.23. The Bertz CT molecular complexity index is 413. The SMILES string of the molecule is CSCCNS(=O)(=O)c1ccc(CCO)s1. The number of rotatable bonds is 7. The molecular formula is C9H15NO3S3. The van der Waals surface area contributed by atoms with Gasteiger partial charge in [0, 0.05) is 30.2 Å². The van der Waals surface area contributed by atoms with Gasteiger partial charge in [-0.05, 0) is 18.4 Å². The summed E-state index contributed by atoms with van der Waals surface area (Å²) >= 11 is 2.80. The van der Waals surface area contributed by atoms with Gasteiger partial charge >= 0.3 is 0 Å². The first kappa shape index (κ1) is 14.0. The summed E-state index contributed by atoms with van der Waals surface area (Å²) in [6, 6.07) is 3.32. The lowest BCUT2D eigenvalue weighted by molar-refractivity contribution is 0.300. The van der Waals surface area contributed by atoms with Crippen molar-refractivity contribution in [3.05, 3.63) is 17.0 Å². The highest BCUT2D eigenvalue weighted by Gasteiger charge is 2.15. The van der Waals surface area contributed by atoms with Crippen LogP contribution in [-0.4, -0.2) is 38.7 Å². The maximum absolute atomic E-state index is 11.8. The molecule has 0 aliphatic carbocycles. The Hall–Kier alpha value is -0.0800. The second-order valence-electron chi connectivity index (χ2n) is 3.08. The van der Waals surface area contributed by atoms with E-state index >= 15 is 0 Å². The average Bonchev–Trinajstić information content (AvgIpc) is 2.68. The Balaban J connectivity index is 2.66. The first-order chi connectivity index (χ1) is 7.60. The van der Waals surface area contributed by atoms with Gasteiger partial charge in [0.05, 0.1) is 0 Å². The first-order valence-corrected chi connectivity index (χ1v) is 8.47. The van der Waals surface area contributed by atoms with Crippen molar-refractivity contribution in [2.45, 2.75) is 10.6 Å². The van der Waals surface area contributed by atoms with E-state index in [2.05, 4.69) is 4.72 Å². The Morgan fingerprint density at radius 1 is 1.50 bits per heavy atom. The monoisotopic (exact) mass is 281 g/mol. The van der Waals surface area contributed by atoms with Gasteiger partial charge < -0.3 is 5.11 Å². The molecule has 0 amide bonds. The molecule has 0 aliphatic heterocycles. The molecule has 0 bridgehead atoms. The summed E-state index contributed by atoms with van der Waals surface area (Å²) in [6.07, 6.45) is 2.43. The summed E-state index contributed by atoms with van der Waals surface area (Å²) < 4.78 is 26.4. The van der Waals surface area contributed by atoms with Crippen LogP contribution in [0.5, 0.6) is 0 Å². The Morgan fingerprint density at radius 2 is 2.25 bits per heavy atom. The maximum atomic E-state index is 11.8. The van der Waals surface area contributed by atoms with Gasteiger partial charge in [0.15, 0.2) is 0 Å². The van der Waals surface area contributed by atoms with Crippen LogP contribution in [-0.2, 0) is 16.4 Å². The van der Waals surface area contributed by atoms with Crippen LogP contribution >= 0.6 is 23.1 Å². The number of thiophene rings is 1. The molecule has 0 saturated carbocycles. The van der Waals surface area contributed by atoms with Crippen molar-refractivity contribution in [1.29, 1.82) is 0 Å². The molecule has 0 saturated heterocycles. The fourth-order valence-corrected chi connectivity index (χ4v) is 3.95. The molecule has 1 aromatic heterocycles. The predicted octanol–water partition coefficient (Wildman–Crippen LogP) is 0.924. The van der Waals surface area contributed by atoms with Crippen molar-refractivity contribution in [1.82, 2.24) is 4.72 Å². The highest BCUT2D eigenvalue weighted by molar-refractivity contribution is 7.98. The number of nitrogens with one attached hydrogen (secondary N) is 1. The van der Waals surface area contributed by atoms with Crippen LogP contribution in [0.4, 0.5) is 0 Å². The Labute approximate surface area is 104 Å². The zero-order chi connectivity index (χ0) is 12.0. The van der Waals surface area contributed by atoms with Gasteiger partial charge in [0.25, 0.3) is 0 Å². The Morgan fingerprint density at radius 3 is 2.88 bits per heavy atom. The van der Waals surface area contributed by atoms with Gasteiger partial charge in [-0.25, -0.2) is 13.1 Å². The maximum Gasteiger partial charge on any atom is 0.250 e. The van der Waals surface area contributed by atoms with E-state index in [0.717, 1.165) is 10.6 Å². The summed E-state index contributed by atoms with van der Waals surface area (Å²) in [6.45, 7) is 0.483. The van der Waals surface area contributed by atoms with E-state index in [1.54, 1.807) is 23.9 Å². The standard InChI is InChI=1S/C9H15NO3S3/c1-14-7-5-10-16(12,13)9-3-2-8(15-9)4-6-11/h2-3,10-11H,4-7H2,1H3. The van der Waals surface area contributed by atoms with Crippen LogP contribution < -0.4 is 4.72 Å². The third kappa shape index (κ3) is 4.06. The number of hydrogen-bond donors (Lipinski definition) is 2. The van der Waals surface area contributed by atoms with E-state index in [-0.39, 0.29) is 6.61 Å². The molecule has 1 aromatic rings. The number of sulfonamides is 1. The number of aliphatic hydroxyl groups is 1.